The average molecular weight is 247 g/mol. The fourth-order valence-electron chi connectivity index (χ4n) is 2.92. The third-order valence-corrected chi connectivity index (χ3v) is 5.68. The van der Waals surface area contributed by atoms with Crippen LogP contribution >= 0.6 is 11.8 Å². The van der Waals surface area contributed by atoms with Crippen LogP contribution < -0.4 is 5.73 Å². The molecule has 2 fully saturated rings. The van der Waals surface area contributed by atoms with E-state index in [1.54, 1.807) is 0 Å². The predicted molar refractivity (Wildman–Crippen MR) is 74.3 cm³/mol. The molecule has 0 saturated heterocycles. The molecule has 0 radical (unpaired) electrons. The highest BCUT2D eigenvalue weighted by atomic mass is 32.2. The van der Waals surface area contributed by atoms with Crippen molar-refractivity contribution in [3.8, 4) is 0 Å². The first-order valence-electron chi connectivity index (χ1n) is 6.83. The molecular formula is C15H21NS. The summed E-state index contributed by atoms with van der Waals surface area (Å²) in [7, 11) is 0. The second-order valence-corrected chi connectivity index (χ2v) is 6.87. The van der Waals surface area contributed by atoms with Crippen LogP contribution in [0.3, 0.4) is 0 Å². The topological polar surface area (TPSA) is 26.0 Å². The summed E-state index contributed by atoms with van der Waals surface area (Å²) in [5.41, 5.74) is 7.98. The van der Waals surface area contributed by atoms with E-state index in [2.05, 4.69) is 36.0 Å². The Bertz CT molecular complexity index is 392. The quantitative estimate of drug-likeness (QED) is 0.871. The first-order valence-corrected chi connectivity index (χ1v) is 7.71. The Balaban J connectivity index is 1.86. The maximum atomic E-state index is 6.60. The van der Waals surface area contributed by atoms with Gasteiger partial charge in [0.25, 0.3) is 0 Å². The molecule has 92 valence electrons. The summed E-state index contributed by atoms with van der Waals surface area (Å²) >= 11 is 2.06. The first-order chi connectivity index (χ1) is 8.28. The van der Waals surface area contributed by atoms with Crippen molar-refractivity contribution in [1.82, 2.24) is 0 Å². The Morgan fingerprint density at radius 2 is 1.76 bits per heavy atom. The van der Waals surface area contributed by atoms with Gasteiger partial charge in [-0.05, 0) is 37.3 Å². The van der Waals surface area contributed by atoms with Gasteiger partial charge in [0.1, 0.15) is 0 Å². The van der Waals surface area contributed by atoms with Crippen molar-refractivity contribution in [3.63, 3.8) is 0 Å². The minimum atomic E-state index is -0.0344. The summed E-state index contributed by atoms with van der Waals surface area (Å²) in [6.07, 6.45) is 9.09. The third kappa shape index (κ3) is 2.25. The van der Waals surface area contributed by atoms with Gasteiger partial charge in [0.2, 0.25) is 0 Å². The summed E-state index contributed by atoms with van der Waals surface area (Å²) in [5.74, 6) is 0. The maximum absolute atomic E-state index is 6.60. The summed E-state index contributed by atoms with van der Waals surface area (Å²) in [4.78, 5) is 1.45. The first kappa shape index (κ1) is 11.6. The van der Waals surface area contributed by atoms with E-state index in [1.165, 1.54) is 42.6 Å². The van der Waals surface area contributed by atoms with E-state index >= 15 is 0 Å². The Labute approximate surface area is 108 Å². The molecule has 0 unspecified atom stereocenters. The number of rotatable bonds is 3. The van der Waals surface area contributed by atoms with Gasteiger partial charge in [0.05, 0.1) is 0 Å². The fourth-order valence-corrected chi connectivity index (χ4v) is 4.41. The van der Waals surface area contributed by atoms with Crippen molar-refractivity contribution in [2.45, 2.75) is 60.6 Å². The second kappa shape index (κ2) is 4.66. The lowest BCUT2D eigenvalue weighted by atomic mass is 9.89. The van der Waals surface area contributed by atoms with Gasteiger partial charge in [-0.2, -0.15) is 0 Å². The van der Waals surface area contributed by atoms with Crippen LogP contribution in [0.15, 0.2) is 29.2 Å². The molecule has 2 N–H and O–H groups in total. The van der Waals surface area contributed by atoms with E-state index in [1.807, 2.05) is 0 Å². The molecule has 0 atom stereocenters. The maximum Gasteiger partial charge on any atom is 0.0420 e. The molecule has 1 nitrogen and oxygen atoms in total. The monoisotopic (exact) mass is 247 g/mol. The molecular weight excluding hydrogens is 226 g/mol. The van der Waals surface area contributed by atoms with Gasteiger partial charge >= 0.3 is 0 Å². The smallest absolute Gasteiger partial charge is 0.0420 e. The Morgan fingerprint density at radius 3 is 2.41 bits per heavy atom. The standard InChI is InChI=1S/C15H21NS/c16-15(10-3-4-11-15)13-8-1-2-9-14(13)17-12-6-5-7-12/h1-2,8-9,12H,3-7,10-11,16H2. The van der Waals surface area contributed by atoms with Gasteiger partial charge < -0.3 is 5.73 Å². The summed E-state index contributed by atoms with van der Waals surface area (Å²) < 4.78 is 0. The van der Waals surface area contributed by atoms with Gasteiger partial charge in [-0.15, -0.1) is 11.8 Å². The number of nitrogens with two attached hydrogens (primary N) is 1. The number of benzene rings is 1. The van der Waals surface area contributed by atoms with E-state index in [9.17, 15) is 0 Å². The minimum absolute atomic E-state index is 0.0344. The molecule has 1 aromatic carbocycles. The van der Waals surface area contributed by atoms with Gasteiger partial charge in [-0.25, -0.2) is 0 Å². The van der Waals surface area contributed by atoms with Crippen molar-refractivity contribution in [1.29, 1.82) is 0 Å². The van der Waals surface area contributed by atoms with E-state index in [0.717, 1.165) is 18.1 Å². The van der Waals surface area contributed by atoms with Crippen molar-refractivity contribution in [2.24, 2.45) is 5.73 Å². The zero-order valence-electron chi connectivity index (χ0n) is 10.3. The average Bonchev–Trinajstić information content (AvgIpc) is 2.72. The summed E-state index contributed by atoms with van der Waals surface area (Å²) in [6, 6.07) is 8.83. The van der Waals surface area contributed by atoms with Crippen molar-refractivity contribution in [2.75, 3.05) is 0 Å². The SMILES string of the molecule is NC1(c2ccccc2SC2CCC2)CCCC1. The lowest BCUT2D eigenvalue weighted by molar-refractivity contribution is 0.452. The Kier molecular flexibility index (Phi) is 3.18. The molecule has 0 aromatic heterocycles. The summed E-state index contributed by atoms with van der Waals surface area (Å²) in [6.45, 7) is 0. The largest absolute Gasteiger partial charge is 0.321 e. The van der Waals surface area contributed by atoms with Gasteiger partial charge in [0.15, 0.2) is 0 Å². The molecule has 2 saturated carbocycles. The second-order valence-electron chi connectivity index (χ2n) is 5.53. The predicted octanol–water partition coefficient (Wildman–Crippen LogP) is 4.06. The molecule has 0 bridgehead atoms. The van der Waals surface area contributed by atoms with Crippen molar-refractivity contribution < 1.29 is 0 Å². The van der Waals surface area contributed by atoms with E-state index in [0.29, 0.717) is 0 Å². The van der Waals surface area contributed by atoms with E-state index in [-0.39, 0.29) is 5.54 Å². The van der Waals surface area contributed by atoms with Crippen LogP contribution in [0.1, 0.15) is 50.5 Å². The molecule has 0 spiro atoms. The highest BCUT2D eigenvalue weighted by Crippen LogP contribution is 2.44. The van der Waals surface area contributed by atoms with E-state index < -0.39 is 0 Å². The molecule has 0 amide bonds. The zero-order valence-corrected chi connectivity index (χ0v) is 11.1. The number of thioether (sulfide) groups is 1. The lowest BCUT2D eigenvalue weighted by Crippen LogP contribution is -2.33. The highest BCUT2D eigenvalue weighted by Gasteiger charge is 2.33. The molecule has 2 aliphatic rings. The van der Waals surface area contributed by atoms with Crippen LogP contribution in [-0.2, 0) is 5.54 Å². The Hall–Kier alpha value is -0.470. The van der Waals surface area contributed by atoms with Crippen molar-refractivity contribution >= 4 is 11.8 Å². The van der Waals surface area contributed by atoms with E-state index in [4.69, 9.17) is 5.73 Å². The molecule has 0 heterocycles. The number of hydrogen-bond donors (Lipinski definition) is 1. The van der Waals surface area contributed by atoms with Crippen LogP contribution in [0.25, 0.3) is 0 Å². The normalized spacial score (nSPS) is 23.6. The molecule has 0 aliphatic heterocycles. The van der Waals surface area contributed by atoms with Gasteiger partial charge in [-0.1, -0.05) is 37.5 Å². The highest BCUT2D eigenvalue weighted by molar-refractivity contribution is 8.00. The molecule has 1 aromatic rings. The van der Waals surface area contributed by atoms with Crippen LogP contribution in [0.4, 0.5) is 0 Å². The molecule has 17 heavy (non-hydrogen) atoms. The lowest BCUT2D eigenvalue weighted by Gasteiger charge is -2.30. The van der Waals surface area contributed by atoms with Gasteiger partial charge in [-0.3, -0.25) is 0 Å². The van der Waals surface area contributed by atoms with Crippen LogP contribution in [-0.4, -0.2) is 5.25 Å². The minimum Gasteiger partial charge on any atom is -0.321 e. The fraction of sp³-hybridized carbons (Fsp3) is 0.600. The third-order valence-electron chi connectivity index (χ3n) is 4.27. The number of hydrogen-bond acceptors (Lipinski definition) is 2. The molecule has 2 heteroatoms. The Morgan fingerprint density at radius 1 is 1.06 bits per heavy atom. The van der Waals surface area contributed by atoms with Crippen molar-refractivity contribution in [3.05, 3.63) is 29.8 Å². The molecule has 2 aliphatic carbocycles. The van der Waals surface area contributed by atoms with Crippen LogP contribution in [0, 0.1) is 0 Å². The molecule has 3 rings (SSSR count). The van der Waals surface area contributed by atoms with Crippen LogP contribution in [0.2, 0.25) is 0 Å². The zero-order chi connectivity index (χ0) is 11.7. The van der Waals surface area contributed by atoms with Gasteiger partial charge in [0, 0.05) is 15.7 Å². The summed E-state index contributed by atoms with van der Waals surface area (Å²) in [5, 5.41) is 0.848. The van der Waals surface area contributed by atoms with Crippen LogP contribution in [0.5, 0.6) is 0 Å².